The Kier molecular flexibility index (Phi) is 3.77. The first-order chi connectivity index (χ1) is 7.40. The van der Waals surface area contributed by atoms with Crippen LogP contribution in [0.4, 0.5) is 0 Å². The summed E-state index contributed by atoms with van der Waals surface area (Å²) in [7, 11) is 1.99. The Morgan fingerprint density at radius 3 is 3.20 bits per heavy atom. The first-order valence-electron chi connectivity index (χ1n) is 5.53. The SMILES string of the molecule is CNC(CC1CNCCO1)c1ccc[nH]1. The van der Waals surface area contributed by atoms with Crippen molar-refractivity contribution in [1.82, 2.24) is 15.6 Å². The molecule has 2 rings (SSSR count). The third-order valence-electron chi connectivity index (χ3n) is 2.85. The Labute approximate surface area is 90.4 Å². The zero-order valence-electron chi connectivity index (χ0n) is 9.12. The van der Waals surface area contributed by atoms with Crippen LogP contribution >= 0.6 is 0 Å². The molecule has 1 fully saturated rings. The van der Waals surface area contributed by atoms with Crippen LogP contribution in [0.15, 0.2) is 18.3 Å². The zero-order chi connectivity index (χ0) is 10.5. The summed E-state index contributed by atoms with van der Waals surface area (Å²) in [6, 6.07) is 4.49. The van der Waals surface area contributed by atoms with Crippen LogP contribution in [0.2, 0.25) is 0 Å². The highest BCUT2D eigenvalue weighted by molar-refractivity contribution is 5.09. The molecule has 3 N–H and O–H groups in total. The van der Waals surface area contributed by atoms with Crippen molar-refractivity contribution in [1.29, 1.82) is 0 Å². The van der Waals surface area contributed by atoms with Crippen molar-refractivity contribution < 1.29 is 4.74 Å². The third-order valence-corrected chi connectivity index (χ3v) is 2.85. The van der Waals surface area contributed by atoms with Gasteiger partial charge in [0.05, 0.1) is 12.7 Å². The molecule has 4 heteroatoms. The molecule has 1 aromatic heterocycles. The molecule has 0 saturated carbocycles. The predicted molar refractivity (Wildman–Crippen MR) is 59.8 cm³/mol. The summed E-state index contributed by atoms with van der Waals surface area (Å²) < 4.78 is 5.69. The number of hydrogen-bond acceptors (Lipinski definition) is 3. The molecule has 15 heavy (non-hydrogen) atoms. The Morgan fingerprint density at radius 2 is 2.60 bits per heavy atom. The standard InChI is InChI=1S/C11H19N3O/c1-12-11(10-3-2-4-14-10)7-9-8-13-5-6-15-9/h2-4,9,11-14H,5-8H2,1H3. The van der Waals surface area contributed by atoms with E-state index in [4.69, 9.17) is 4.74 Å². The molecule has 1 aliphatic rings. The van der Waals surface area contributed by atoms with Crippen molar-refractivity contribution in [2.45, 2.75) is 18.6 Å². The zero-order valence-corrected chi connectivity index (χ0v) is 9.12. The van der Waals surface area contributed by atoms with E-state index in [0.29, 0.717) is 12.1 Å². The van der Waals surface area contributed by atoms with Gasteiger partial charge in [0, 0.05) is 31.0 Å². The van der Waals surface area contributed by atoms with Gasteiger partial charge in [0.2, 0.25) is 0 Å². The first-order valence-corrected chi connectivity index (χ1v) is 5.53. The van der Waals surface area contributed by atoms with Crippen molar-refractivity contribution in [2.24, 2.45) is 0 Å². The van der Waals surface area contributed by atoms with E-state index in [-0.39, 0.29) is 0 Å². The van der Waals surface area contributed by atoms with Gasteiger partial charge < -0.3 is 20.4 Å². The van der Waals surface area contributed by atoms with Gasteiger partial charge in [0.15, 0.2) is 0 Å². The normalized spacial score (nSPS) is 23.9. The fourth-order valence-electron chi connectivity index (χ4n) is 2.00. The van der Waals surface area contributed by atoms with E-state index in [9.17, 15) is 0 Å². The first kappa shape index (κ1) is 10.7. The summed E-state index contributed by atoms with van der Waals surface area (Å²) in [6.07, 6.45) is 3.28. The molecule has 0 radical (unpaired) electrons. The topological polar surface area (TPSA) is 49.1 Å². The number of morpholine rings is 1. The highest BCUT2D eigenvalue weighted by Crippen LogP contribution is 2.18. The molecule has 1 aliphatic heterocycles. The molecule has 0 bridgehead atoms. The monoisotopic (exact) mass is 209 g/mol. The van der Waals surface area contributed by atoms with Gasteiger partial charge >= 0.3 is 0 Å². The largest absolute Gasteiger partial charge is 0.376 e. The van der Waals surface area contributed by atoms with Crippen molar-refractivity contribution in [3.8, 4) is 0 Å². The Bertz CT molecular complexity index is 267. The van der Waals surface area contributed by atoms with Gasteiger partial charge in [0.25, 0.3) is 0 Å². The van der Waals surface area contributed by atoms with Gasteiger partial charge in [-0.05, 0) is 25.6 Å². The minimum absolute atomic E-state index is 0.319. The average Bonchev–Trinajstić information content (AvgIpc) is 2.81. The number of nitrogens with one attached hydrogen (secondary N) is 3. The molecule has 0 aliphatic carbocycles. The van der Waals surface area contributed by atoms with Crippen LogP contribution < -0.4 is 10.6 Å². The fraction of sp³-hybridized carbons (Fsp3) is 0.636. The van der Waals surface area contributed by atoms with Gasteiger partial charge in [-0.15, -0.1) is 0 Å². The Morgan fingerprint density at radius 1 is 1.67 bits per heavy atom. The lowest BCUT2D eigenvalue weighted by molar-refractivity contribution is 0.0174. The molecule has 0 spiro atoms. The van der Waals surface area contributed by atoms with Gasteiger partial charge in [-0.3, -0.25) is 0 Å². The Hall–Kier alpha value is -0.840. The highest BCUT2D eigenvalue weighted by atomic mass is 16.5. The summed E-state index contributed by atoms with van der Waals surface area (Å²) in [5.41, 5.74) is 1.23. The third kappa shape index (κ3) is 2.81. The fourth-order valence-corrected chi connectivity index (χ4v) is 2.00. The maximum Gasteiger partial charge on any atom is 0.0718 e. The van der Waals surface area contributed by atoms with Gasteiger partial charge in [-0.1, -0.05) is 0 Å². The maximum atomic E-state index is 5.69. The van der Waals surface area contributed by atoms with E-state index in [2.05, 4.69) is 21.7 Å². The van der Waals surface area contributed by atoms with Crippen LogP contribution in [0.25, 0.3) is 0 Å². The quantitative estimate of drug-likeness (QED) is 0.682. The summed E-state index contributed by atoms with van der Waals surface area (Å²) in [6.45, 7) is 2.76. The minimum atomic E-state index is 0.319. The average molecular weight is 209 g/mol. The summed E-state index contributed by atoms with van der Waals surface area (Å²) in [5, 5.41) is 6.66. The van der Waals surface area contributed by atoms with Crippen molar-refractivity contribution >= 4 is 0 Å². The molecule has 84 valence electrons. The van der Waals surface area contributed by atoms with Crippen molar-refractivity contribution in [2.75, 3.05) is 26.7 Å². The molecular weight excluding hydrogens is 190 g/mol. The van der Waals surface area contributed by atoms with Gasteiger partial charge in [-0.2, -0.15) is 0 Å². The molecule has 0 amide bonds. The number of rotatable bonds is 4. The van der Waals surface area contributed by atoms with E-state index in [0.717, 1.165) is 26.1 Å². The summed E-state index contributed by atoms with van der Waals surface area (Å²) in [5.74, 6) is 0. The highest BCUT2D eigenvalue weighted by Gasteiger charge is 2.19. The lowest BCUT2D eigenvalue weighted by Gasteiger charge is -2.27. The second kappa shape index (κ2) is 5.30. The van der Waals surface area contributed by atoms with E-state index >= 15 is 0 Å². The molecule has 1 aromatic rings. The molecule has 0 aromatic carbocycles. The second-order valence-electron chi connectivity index (χ2n) is 3.90. The number of aromatic amines is 1. The number of hydrogen-bond donors (Lipinski definition) is 3. The second-order valence-corrected chi connectivity index (χ2v) is 3.90. The summed E-state index contributed by atoms with van der Waals surface area (Å²) in [4.78, 5) is 3.24. The predicted octanol–water partition coefficient (Wildman–Crippen LogP) is 0.654. The molecule has 4 nitrogen and oxygen atoms in total. The molecule has 2 unspecified atom stereocenters. The van der Waals surface area contributed by atoms with Crippen LogP contribution in [0.3, 0.4) is 0 Å². The van der Waals surface area contributed by atoms with Crippen molar-refractivity contribution in [3.05, 3.63) is 24.0 Å². The van der Waals surface area contributed by atoms with Crippen LogP contribution in [0.5, 0.6) is 0 Å². The molecule has 2 atom stereocenters. The number of ether oxygens (including phenoxy) is 1. The van der Waals surface area contributed by atoms with Crippen LogP contribution in [-0.4, -0.2) is 37.8 Å². The van der Waals surface area contributed by atoms with Crippen molar-refractivity contribution in [3.63, 3.8) is 0 Å². The van der Waals surface area contributed by atoms with Crippen LogP contribution in [0, 0.1) is 0 Å². The van der Waals surface area contributed by atoms with E-state index < -0.39 is 0 Å². The number of H-pyrrole nitrogens is 1. The molecule has 2 heterocycles. The van der Waals surface area contributed by atoms with Crippen LogP contribution in [-0.2, 0) is 4.74 Å². The number of aromatic nitrogens is 1. The smallest absolute Gasteiger partial charge is 0.0718 e. The minimum Gasteiger partial charge on any atom is -0.376 e. The van der Waals surface area contributed by atoms with E-state index in [1.165, 1.54) is 5.69 Å². The maximum absolute atomic E-state index is 5.69. The molecular formula is C11H19N3O. The van der Waals surface area contributed by atoms with Gasteiger partial charge in [-0.25, -0.2) is 0 Å². The lowest BCUT2D eigenvalue weighted by Crippen LogP contribution is -2.40. The summed E-state index contributed by atoms with van der Waals surface area (Å²) >= 11 is 0. The van der Waals surface area contributed by atoms with Gasteiger partial charge in [0.1, 0.15) is 0 Å². The molecule has 1 saturated heterocycles. The van der Waals surface area contributed by atoms with E-state index in [1.807, 2.05) is 19.3 Å². The van der Waals surface area contributed by atoms with Crippen LogP contribution in [0.1, 0.15) is 18.2 Å². The Balaban J connectivity index is 1.90. The lowest BCUT2D eigenvalue weighted by atomic mass is 10.1. The van der Waals surface area contributed by atoms with E-state index in [1.54, 1.807) is 0 Å².